The quantitative estimate of drug-likeness (QED) is 0.784. The number of rotatable bonds is 3. The number of amides is 1. The zero-order valence-electron chi connectivity index (χ0n) is 9.65. The molecule has 3 nitrogen and oxygen atoms in total. The highest BCUT2D eigenvalue weighted by atomic mass is 16.1. The lowest BCUT2D eigenvalue weighted by atomic mass is 9.89. The van der Waals surface area contributed by atoms with Crippen molar-refractivity contribution in [1.82, 2.24) is 5.32 Å². The topological polar surface area (TPSA) is 32.3 Å². The largest absolute Gasteiger partial charge is 0.371 e. The molecule has 0 aliphatic carbocycles. The van der Waals surface area contributed by atoms with Gasteiger partial charge in [0.1, 0.15) is 0 Å². The summed E-state index contributed by atoms with van der Waals surface area (Å²) in [4.78, 5) is 12.9. The predicted octanol–water partition coefficient (Wildman–Crippen LogP) is 1.79. The highest BCUT2D eigenvalue weighted by molar-refractivity contribution is 5.49. The molecule has 0 unspecified atom stereocenters. The van der Waals surface area contributed by atoms with Crippen LogP contribution in [-0.2, 0) is 4.79 Å². The van der Waals surface area contributed by atoms with Gasteiger partial charge in [-0.3, -0.25) is 4.79 Å². The SMILES string of the molecule is CC1(NC=O)CCN(c2ccccc2)CC1. The number of nitrogens with one attached hydrogen (secondary N) is 1. The van der Waals surface area contributed by atoms with E-state index in [2.05, 4.69) is 41.4 Å². The van der Waals surface area contributed by atoms with Crippen molar-refractivity contribution in [2.24, 2.45) is 0 Å². The molecule has 0 atom stereocenters. The van der Waals surface area contributed by atoms with Crippen LogP contribution in [0.1, 0.15) is 19.8 Å². The summed E-state index contributed by atoms with van der Waals surface area (Å²) in [5.74, 6) is 0. The summed E-state index contributed by atoms with van der Waals surface area (Å²) in [6.07, 6.45) is 2.82. The van der Waals surface area contributed by atoms with Gasteiger partial charge in [-0.1, -0.05) is 18.2 Å². The van der Waals surface area contributed by atoms with E-state index in [1.165, 1.54) is 5.69 Å². The molecule has 1 amide bonds. The molecule has 1 aromatic carbocycles. The highest BCUT2D eigenvalue weighted by Crippen LogP contribution is 2.25. The fourth-order valence-corrected chi connectivity index (χ4v) is 2.18. The standard InChI is InChI=1S/C13H18N2O/c1-13(14-11-16)7-9-15(10-8-13)12-5-3-2-4-6-12/h2-6,11H,7-10H2,1H3,(H,14,16). The van der Waals surface area contributed by atoms with Crippen LogP contribution in [0.25, 0.3) is 0 Å². The van der Waals surface area contributed by atoms with Crippen LogP contribution in [-0.4, -0.2) is 25.0 Å². The van der Waals surface area contributed by atoms with Crippen molar-refractivity contribution in [3.63, 3.8) is 0 Å². The lowest BCUT2D eigenvalue weighted by Crippen LogP contribution is -2.51. The van der Waals surface area contributed by atoms with E-state index in [9.17, 15) is 4.79 Å². The van der Waals surface area contributed by atoms with Gasteiger partial charge in [-0.15, -0.1) is 0 Å². The maximum absolute atomic E-state index is 10.5. The lowest BCUT2D eigenvalue weighted by molar-refractivity contribution is -0.111. The fourth-order valence-electron chi connectivity index (χ4n) is 2.18. The van der Waals surface area contributed by atoms with Crippen molar-refractivity contribution in [2.45, 2.75) is 25.3 Å². The number of para-hydroxylation sites is 1. The summed E-state index contributed by atoms with van der Waals surface area (Å²) in [6, 6.07) is 10.4. The first-order valence-electron chi connectivity index (χ1n) is 5.75. The molecular weight excluding hydrogens is 200 g/mol. The third kappa shape index (κ3) is 2.35. The Morgan fingerprint density at radius 2 is 1.88 bits per heavy atom. The van der Waals surface area contributed by atoms with Crippen LogP contribution >= 0.6 is 0 Å². The molecule has 0 bridgehead atoms. The molecule has 86 valence electrons. The van der Waals surface area contributed by atoms with Gasteiger partial charge in [-0.05, 0) is 31.9 Å². The third-order valence-corrected chi connectivity index (χ3v) is 3.40. The summed E-state index contributed by atoms with van der Waals surface area (Å²) in [7, 11) is 0. The second-order valence-corrected chi connectivity index (χ2v) is 4.65. The normalized spacial score (nSPS) is 19.2. The Morgan fingerprint density at radius 1 is 1.25 bits per heavy atom. The van der Waals surface area contributed by atoms with Gasteiger partial charge in [0, 0.05) is 24.3 Å². The molecule has 3 heteroatoms. The Morgan fingerprint density at radius 3 is 2.44 bits per heavy atom. The number of carbonyl (C=O) groups excluding carboxylic acids is 1. The van der Waals surface area contributed by atoms with Gasteiger partial charge in [0.2, 0.25) is 6.41 Å². The second kappa shape index (κ2) is 4.56. The molecular formula is C13H18N2O. The molecule has 0 saturated carbocycles. The molecule has 1 aromatic rings. The molecule has 1 fully saturated rings. The average Bonchev–Trinajstić information content (AvgIpc) is 2.31. The van der Waals surface area contributed by atoms with Gasteiger partial charge >= 0.3 is 0 Å². The molecule has 1 aliphatic rings. The number of carbonyl (C=O) groups is 1. The molecule has 16 heavy (non-hydrogen) atoms. The highest BCUT2D eigenvalue weighted by Gasteiger charge is 2.29. The first kappa shape index (κ1) is 11.0. The molecule has 0 aromatic heterocycles. The number of benzene rings is 1. The van der Waals surface area contributed by atoms with Crippen molar-refractivity contribution in [3.05, 3.63) is 30.3 Å². The van der Waals surface area contributed by atoms with E-state index in [1.54, 1.807) is 0 Å². The first-order valence-corrected chi connectivity index (χ1v) is 5.75. The van der Waals surface area contributed by atoms with Crippen LogP contribution in [0, 0.1) is 0 Å². The van der Waals surface area contributed by atoms with Gasteiger partial charge in [0.05, 0.1) is 0 Å². The Bertz CT molecular complexity index is 342. The van der Waals surface area contributed by atoms with E-state index in [-0.39, 0.29) is 5.54 Å². The average molecular weight is 218 g/mol. The smallest absolute Gasteiger partial charge is 0.207 e. The van der Waals surface area contributed by atoms with Gasteiger partial charge in [-0.25, -0.2) is 0 Å². The summed E-state index contributed by atoms with van der Waals surface area (Å²) in [5, 5.41) is 2.93. The van der Waals surface area contributed by atoms with Crippen molar-refractivity contribution >= 4 is 12.1 Å². The number of hydrogen-bond acceptors (Lipinski definition) is 2. The third-order valence-electron chi connectivity index (χ3n) is 3.40. The number of anilines is 1. The molecule has 2 rings (SSSR count). The van der Waals surface area contributed by atoms with Crippen molar-refractivity contribution < 1.29 is 4.79 Å². The number of hydrogen-bond donors (Lipinski definition) is 1. The summed E-state index contributed by atoms with van der Waals surface area (Å²) in [6.45, 7) is 4.12. The molecule has 1 heterocycles. The van der Waals surface area contributed by atoms with E-state index < -0.39 is 0 Å². The fraction of sp³-hybridized carbons (Fsp3) is 0.462. The van der Waals surface area contributed by atoms with Gasteiger partial charge < -0.3 is 10.2 Å². The van der Waals surface area contributed by atoms with E-state index >= 15 is 0 Å². The first-order chi connectivity index (χ1) is 7.73. The molecule has 1 aliphatic heterocycles. The minimum Gasteiger partial charge on any atom is -0.371 e. The lowest BCUT2D eigenvalue weighted by Gasteiger charge is -2.40. The van der Waals surface area contributed by atoms with Crippen LogP contribution in [0.15, 0.2) is 30.3 Å². The zero-order chi connectivity index (χ0) is 11.4. The van der Waals surface area contributed by atoms with Crippen LogP contribution in [0.2, 0.25) is 0 Å². The van der Waals surface area contributed by atoms with Gasteiger partial charge in [0.15, 0.2) is 0 Å². The minimum absolute atomic E-state index is 0.0208. The molecule has 0 spiro atoms. The van der Waals surface area contributed by atoms with E-state index in [4.69, 9.17) is 0 Å². The maximum atomic E-state index is 10.5. The Labute approximate surface area is 96.5 Å². The van der Waals surface area contributed by atoms with Crippen LogP contribution in [0.5, 0.6) is 0 Å². The summed E-state index contributed by atoms with van der Waals surface area (Å²) < 4.78 is 0. The van der Waals surface area contributed by atoms with Crippen LogP contribution in [0.4, 0.5) is 5.69 Å². The Hall–Kier alpha value is -1.51. The Balaban J connectivity index is 1.98. The predicted molar refractivity (Wildman–Crippen MR) is 65.5 cm³/mol. The summed E-state index contributed by atoms with van der Waals surface area (Å²) >= 11 is 0. The van der Waals surface area contributed by atoms with E-state index in [0.29, 0.717) is 0 Å². The molecule has 1 N–H and O–H groups in total. The van der Waals surface area contributed by atoms with E-state index in [1.807, 2.05) is 6.07 Å². The number of piperidine rings is 1. The molecule has 1 saturated heterocycles. The second-order valence-electron chi connectivity index (χ2n) is 4.65. The van der Waals surface area contributed by atoms with Crippen molar-refractivity contribution in [1.29, 1.82) is 0 Å². The van der Waals surface area contributed by atoms with Gasteiger partial charge in [-0.2, -0.15) is 0 Å². The van der Waals surface area contributed by atoms with E-state index in [0.717, 1.165) is 32.3 Å². The van der Waals surface area contributed by atoms with Crippen LogP contribution in [0.3, 0.4) is 0 Å². The maximum Gasteiger partial charge on any atom is 0.207 e. The van der Waals surface area contributed by atoms with Crippen LogP contribution < -0.4 is 10.2 Å². The molecule has 0 radical (unpaired) electrons. The Kier molecular flexibility index (Phi) is 3.13. The van der Waals surface area contributed by atoms with Crippen molar-refractivity contribution in [3.8, 4) is 0 Å². The summed E-state index contributed by atoms with van der Waals surface area (Å²) in [5.41, 5.74) is 1.25. The minimum atomic E-state index is -0.0208. The number of nitrogens with zero attached hydrogens (tertiary/aromatic N) is 1. The van der Waals surface area contributed by atoms with Crippen molar-refractivity contribution in [2.75, 3.05) is 18.0 Å². The monoisotopic (exact) mass is 218 g/mol. The van der Waals surface area contributed by atoms with Gasteiger partial charge in [0.25, 0.3) is 0 Å². The zero-order valence-corrected chi connectivity index (χ0v) is 9.65.